The maximum Gasteiger partial charge on any atom is 0.295 e. The number of hydrogen-bond donors (Lipinski definition) is 1. The normalized spacial score (nSPS) is 17.8. The number of thiophene rings is 1. The highest BCUT2D eigenvalue weighted by Crippen LogP contribution is 2.44. The number of carbonyl (C=O) groups is 2. The first-order chi connectivity index (χ1) is 15.8. The number of likely N-dealkylation sites (tertiary alicyclic amines) is 1. The van der Waals surface area contributed by atoms with Gasteiger partial charge in [-0.1, -0.05) is 25.4 Å². The van der Waals surface area contributed by atoms with Gasteiger partial charge in [-0.25, -0.2) is 0 Å². The number of amides is 1. The van der Waals surface area contributed by atoms with E-state index in [-0.39, 0.29) is 22.6 Å². The fourth-order valence-electron chi connectivity index (χ4n) is 4.03. The number of benzene rings is 1. The summed E-state index contributed by atoms with van der Waals surface area (Å²) in [6.45, 7) is 8.71. The van der Waals surface area contributed by atoms with Crippen molar-refractivity contribution in [2.24, 2.45) is 0 Å². The maximum atomic E-state index is 13.2. The number of carbonyl (C=O) groups excluding carboxylic acids is 2. The molecule has 0 aliphatic carbocycles. The van der Waals surface area contributed by atoms with Gasteiger partial charge < -0.3 is 24.4 Å². The van der Waals surface area contributed by atoms with Gasteiger partial charge in [0.05, 0.1) is 36.4 Å². The lowest BCUT2D eigenvalue weighted by Gasteiger charge is -2.28. The first-order valence-corrected chi connectivity index (χ1v) is 12.0. The smallest absolute Gasteiger partial charge is 0.295 e. The Bertz CT molecular complexity index is 1080. The monoisotopic (exact) mass is 492 g/mol. The zero-order valence-electron chi connectivity index (χ0n) is 19.5. The van der Waals surface area contributed by atoms with Gasteiger partial charge in [0.25, 0.3) is 11.7 Å². The van der Waals surface area contributed by atoms with Crippen molar-refractivity contribution in [1.29, 1.82) is 0 Å². The first kappa shape index (κ1) is 25.1. The second-order valence-corrected chi connectivity index (χ2v) is 9.03. The molecule has 178 valence electrons. The number of rotatable bonds is 9. The topological polar surface area (TPSA) is 79.3 Å². The molecule has 3 rings (SSSR count). The Morgan fingerprint density at radius 1 is 1.18 bits per heavy atom. The number of nitrogens with zero attached hydrogens (tertiary/aromatic N) is 2. The molecule has 2 heterocycles. The molecule has 2 aromatic rings. The summed E-state index contributed by atoms with van der Waals surface area (Å²) in [6.07, 6.45) is 0. The molecule has 1 unspecified atom stereocenters. The van der Waals surface area contributed by atoms with Gasteiger partial charge in [0, 0.05) is 24.0 Å². The highest BCUT2D eigenvalue weighted by Gasteiger charge is 2.47. The summed E-state index contributed by atoms with van der Waals surface area (Å²) in [7, 11) is 2.90. The van der Waals surface area contributed by atoms with E-state index in [1.807, 2.05) is 18.4 Å². The van der Waals surface area contributed by atoms with Crippen LogP contribution in [-0.4, -0.2) is 67.0 Å². The minimum atomic E-state index is -0.721. The fraction of sp³-hybridized carbons (Fsp3) is 0.417. The van der Waals surface area contributed by atoms with E-state index in [4.69, 9.17) is 21.1 Å². The molecular weight excluding hydrogens is 464 g/mol. The molecule has 0 bridgehead atoms. The minimum absolute atomic E-state index is 0.0350. The first-order valence-electron chi connectivity index (χ1n) is 10.8. The van der Waals surface area contributed by atoms with E-state index in [1.54, 1.807) is 4.90 Å². The Morgan fingerprint density at radius 3 is 2.39 bits per heavy atom. The van der Waals surface area contributed by atoms with E-state index >= 15 is 0 Å². The highest BCUT2D eigenvalue weighted by atomic mass is 35.5. The average molecular weight is 493 g/mol. The predicted octanol–water partition coefficient (Wildman–Crippen LogP) is 4.49. The molecular formula is C24H29ClN2O5S. The number of methoxy groups -OCH3 is 2. The third-order valence-electron chi connectivity index (χ3n) is 5.97. The van der Waals surface area contributed by atoms with Crippen LogP contribution in [0.25, 0.3) is 5.76 Å². The van der Waals surface area contributed by atoms with Crippen LogP contribution >= 0.6 is 22.9 Å². The molecule has 1 aromatic carbocycles. The lowest BCUT2D eigenvalue weighted by Crippen LogP contribution is -2.37. The molecule has 1 aliphatic heterocycles. The Labute approximate surface area is 203 Å². The number of ether oxygens (including phenoxy) is 2. The van der Waals surface area contributed by atoms with Crippen LogP contribution in [0.1, 0.15) is 35.9 Å². The summed E-state index contributed by atoms with van der Waals surface area (Å²) in [5.74, 6) is -1.07. The lowest BCUT2D eigenvalue weighted by molar-refractivity contribution is -0.140. The number of ketones is 1. The molecule has 1 saturated heterocycles. The summed E-state index contributed by atoms with van der Waals surface area (Å²) in [5.41, 5.74) is 1.22. The van der Waals surface area contributed by atoms with Crippen molar-refractivity contribution >= 4 is 40.4 Å². The van der Waals surface area contributed by atoms with E-state index in [1.165, 1.54) is 37.7 Å². The van der Waals surface area contributed by atoms with Gasteiger partial charge in [0.2, 0.25) is 0 Å². The molecule has 0 radical (unpaired) electrons. The Balaban J connectivity index is 2.18. The molecule has 1 aromatic heterocycles. The number of likely N-dealkylation sites (N-methyl/N-ethyl adjacent to an activating group) is 1. The van der Waals surface area contributed by atoms with Gasteiger partial charge in [-0.05, 0) is 43.1 Å². The third kappa shape index (κ3) is 4.74. The minimum Gasteiger partial charge on any atom is -0.507 e. The summed E-state index contributed by atoms with van der Waals surface area (Å²) in [6, 6.07) is 4.28. The molecule has 0 spiro atoms. The van der Waals surface area contributed by atoms with E-state index in [0.717, 1.165) is 23.5 Å². The largest absolute Gasteiger partial charge is 0.507 e. The van der Waals surface area contributed by atoms with E-state index in [9.17, 15) is 14.7 Å². The van der Waals surface area contributed by atoms with Gasteiger partial charge in [-0.15, -0.1) is 11.3 Å². The van der Waals surface area contributed by atoms with Crippen LogP contribution < -0.4 is 9.47 Å². The molecule has 1 N–H and O–H groups in total. The van der Waals surface area contributed by atoms with Crippen molar-refractivity contribution in [2.75, 3.05) is 40.4 Å². The van der Waals surface area contributed by atoms with Crippen molar-refractivity contribution in [3.05, 3.63) is 50.2 Å². The molecule has 33 heavy (non-hydrogen) atoms. The van der Waals surface area contributed by atoms with Gasteiger partial charge in [-0.2, -0.15) is 0 Å². The van der Waals surface area contributed by atoms with Crippen molar-refractivity contribution in [3.63, 3.8) is 0 Å². The van der Waals surface area contributed by atoms with Gasteiger partial charge in [-0.3, -0.25) is 9.59 Å². The zero-order valence-corrected chi connectivity index (χ0v) is 21.0. The van der Waals surface area contributed by atoms with Crippen molar-refractivity contribution < 1.29 is 24.2 Å². The van der Waals surface area contributed by atoms with Crippen molar-refractivity contribution in [2.45, 2.75) is 26.8 Å². The molecule has 1 amide bonds. The molecule has 7 nitrogen and oxygen atoms in total. The van der Waals surface area contributed by atoms with Gasteiger partial charge in [0.1, 0.15) is 17.3 Å². The van der Waals surface area contributed by atoms with E-state index in [0.29, 0.717) is 23.9 Å². The third-order valence-corrected chi connectivity index (χ3v) is 7.34. The van der Waals surface area contributed by atoms with Crippen LogP contribution in [0.5, 0.6) is 11.5 Å². The van der Waals surface area contributed by atoms with Crippen LogP contribution in [0, 0.1) is 6.92 Å². The average Bonchev–Trinajstić information content (AvgIpc) is 3.34. The summed E-state index contributed by atoms with van der Waals surface area (Å²) < 4.78 is 10.7. The highest BCUT2D eigenvalue weighted by molar-refractivity contribution is 7.10. The van der Waals surface area contributed by atoms with E-state index in [2.05, 4.69) is 18.7 Å². The van der Waals surface area contributed by atoms with Gasteiger partial charge >= 0.3 is 0 Å². The molecule has 0 saturated carbocycles. The number of Topliss-reactive ketones (excluding diaryl/α,β-unsaturated/α-hetero) is 1. The summed E-state index contributed by atoms with van der Waals surface area (Å²) in [5, 5.41) is 13.6. The van der Waals surface area contributed by atoms with Crippen LogP contribution in [-0.2, 0) is 9.59 Å². The zero-order chi connectivity index (χ0) is 24.3. The molecule has 9 heteroatoms. The molecule has 1 aliphatic rings. The Hall–Kier alpha value is -2.55. The van der Waals surface area contributed by atoms with Crippen LogP contribution in [0.3, 0.4) is 0 Å². The fourth-order valence-corrected chi connectivity index (χ4v) is 5.30. The standard InChI is InChI=1S/C24H29ClN2O5S/c1-6-26(7-2)9-10-27-20(23-14(3)8-11-33-23)19(22(29)24(27)30)21(28)15-12-18(32-5)16(25)13-17(15)31-4/h8,11-13,20,28H,6-7,9-10H2,1-5H3/b21-19+. The number of hydrogen-bond acceptors (Lipinski definition) is 7. The SMILES string of the molecule is CCN(CC)CCN1C(=O)C(=O)/C(=C(/O)c2cc(OC)c(Cl)cc2OC)C1c1sccc1C. The van der Waals surface area contributed by atoms with E-state index < -0.39 is 17.7 Å². The molecule has 1 atom stereocenters. The Kier molecular flexibility index (Phi) is 8.05. The second kappa shape index (κ2) is 10.6. The quantitative estimate of drug-likeness (QED) is 0.315. The summed E-state index contributed by atoms with van der Waals surface area (Å²) >= 11 is 7.67. The summed E-state index contributed by atoms with van der Waals surface area (Å²) in [4.78, 5) is 31.0. The number of aliphatic hydroxyl groups is 1. The number of aryl methyl sites for hydroxylation is 1. The van der Waals surface area contributed by atoms with Crippen LogP contribution in [0.2, 0.25) is 5.02 Å². The van der Waals surface area contributed by atoms with Crippen molar-refractivity contribution in [1.82, 2.24) is 9.80 Å². The maximum absolute atomic E-state index is 13.2. The lowest BCUT2D eigenvalue weighted by atomic mass is 9.97. The second-order valence-electron chi connectivity index (χ2n) is 7.67. The number of aliphatic hydroxyl groups excluding tert-OH is 1. The number of halogens is 1. The van der Waals surface area contributed by atoms with Crippen LogP contribution in [0.15, 0.2) is 29.2 Å². The predicted molar refractivity (Wildman–Crippen MR) is 130 cm³/mol. The van der Waals surface area contributed by atoms with Gasteiger partial charge in [0.15, 0.2) is 0 Å². The Morgan fingerprint density at radius 2 is 1.85 bits per heavy atom. The van der Waals surface area contributed by atoms with Crippen LogP contribution in [0.4, 0.5) is 0 Å². The van der Waals surface area contributed by atoms with Crippen molar-refractivity contribution in [3.8, 4) is 11.5 Å². The molecule has 1 fully saturated rings.